The summed E-state index contributed by atoms with van der Waals surface area (Å²) >= 11 is 0. The van der Waals surface area contributed by atoms with Crippen molar-refractivity contribution in [2.24, 2.45) is 0 Å². The third kappa shape index (κ3) is 4.06. The van der Waals surface area contributed by atoms with E-state index in [0.717, 1.165) is 24.2 Å². The lowest BCUT2D eigenvalue weighted by molar-refractivity contribution is 0.246. The Morgan fingerprint density at radius 2 is 1.96 bits per heavy atom. The normalized spacial score (nSPS) is 12.5. The second-order valence-electron chi connectivity index (χ2n) is 6.19. The molecule has 0 N–H and O–H groups in total. The molecule has 0 aliphatic carbocycles. The van der Waals surface area contributed by atoms with E-state index in [1.807, 2.05) is 36.8 Å². The highest BCUT2D eigenvalue weighted by molar-refractivity contribution is 5.45. The SMILES string of the molecule is Cc1ccnc(C[C@H](C)N(C)Cc2cnc(-c3ccco3)nc2)c1. The minimum atomic E-state index is 0.379. The molecular weight excluding hydrogens is 300 g/mol. The van der Waals surface area contributed by atoms with Gasteiger partial charge in [-0.2, -0.15) is 0 Å². The van der Waals surface area contributed by atoms with Crippen LogP contribution < -0.4 is 0 Å². The van der Waals surface area contributed by atoms with E-state index in [0.29, 0.717) is 17.6 Å². The Morgan fingerprint density at radius 1 is 1.17 bits per heavy atom. The van der Waals surface area contributed by atoms with Gasteiger partial charge < -0.3 is 4.42 Å². The molecule has 0 aromatic carbocycles. The van der Waals surface area contributed by atoms with Crippen LogP contribution >= 0.6 is 0 Å². The Labute approximate surface area is 142 Å². The van der Waals surface area contributed by atoms with Crippen LogP contribution in [0.15, 0.2) is 53.5 Å². The molecule has 5 nitrogen and oxygen atoms in total. The van der Waals surface area contributed by atoms with Crippen LogP contribution in [0.1, 0.15) is 23.7 Å². The second kappa shape index (κ2) is 7.36. The average Bonchev–Trinajstić information content (AvgIpc) is 3.10. The highest BCUT2D eigenvalue weighted by Crippen LogP contribution is 2.15. The Morgan fingerprint density at radius 3 is 2.62 bits per heavy atom. The molecule has 3 rings (SSSR count). The fourth-order valence-electron chi connectivity index (χ4n) is 2.58. The summed E-state index contributed by atoms with van der Waals surface area (Å²) in [6, 6.07) is 8.24. The molecule has 0 aliphatic heterocycles. The van der Waals surface area contributed by atoms with E-state index >= 15 is 0 Å². The van der Waals surface area contributed by atoms with E-state index in [-0.39, 0.29) is 0 Å². The van der Waals surface area contributed by atoms with Gasteiger partial charge in [-0.15, -0.1) is 0 Å². The van der Waals surface area contributed by atoms with Gasteiger partial charge in [-0.3, -0.25) is 9.88 Å². The zero-order chi connectivity index (χ0) is 16.9. The summed E-state index contributed by atoms with van der Waals surface area (Å²) in [6.07, 6.45) is 8.14. The van der Waals surface area contributed by atoms with Gasteiger partial charge in [0.05, 0.1) is 6.26 Å². The molecule has 0 radical (unpaired) electrons. The summed E-state index contributed by atoms with van der Waals surface area (Å²) in [6.45, 7) is 5.10. The van der Waals surface area contributed by atoms with Crippen molar-refractivity contribution < 1.29 is 4.42 Å². The lowest BCUT2D eigenvalue weighted by Gasteiger charge is -2.24. The molecule has 0 fully saturated rings. The average molecular weight is 322 g/mol. The number of nitrogens with zero attached hydrogens (tertiary/aromatic N) is 4. The van der Waals surface area contributed by atoms with Gasteiger partial charge in [0, 0.05) is 48.9 Å². The second-order valence-corrected chi connectivity index (χ2v) is 6.19. The Balaban J connectivity index is 1.60. The molecule has 3 aromatic rings. The lowest BCUT2D eigenvalue weighted by Crippen LogP contribution is -2.30. The van der Waals surface area contributed by atoms with Crippen molar-refractivity contribution in [3.63, 3.8) is 0 Å². The summed E-state index contributed by atoms with van der Waals surface area (Å²) in [5, 5.41) is 0. The number of hydrogen-bond acceptors (Lipinski definition) is 5. The van der Waals surface area contributed by atoms with Gasteiger partial charge >= 0.3 is 0 Å². The quantitative estimate of drug-likeness (QED) is 0.695. The fourth-order valence-corrected chi connectivity index (χ4v) is 2.58. The van der Waals surface area contributed by atoms with E-state index in [2.05, 4.69) is 46.8 Å². The summed E-state index contributed by atoms with van der Waals surface area (Å²) in [5.74, 6) is 1.30. The standard InChI is InChI=1S/C19H22N4O/c1-14-6-7-20-17(9-14)10-15(2)23(3)13-16-11-21-19(22-12-16)18-5-4-8-24-18/h4-9,11-12,15H,10,13H2,1-3H3/t15-/m0/s1. The van der Waals surface area contributed by atoms with Gasteiger partial charge in [0.1, 0.15) is 0 Å². The van der Waals surface area contributed by atoms with Gasteiger partial charge in [0.2, 0.25) is 0 Å². The predicted molar refractivity (Wildman–Crippen MR) is 93.3 cm³/mol. The minimum Gasteiger partial charge on any atom is -0.461 e. The molecule has 0 unspecified atom stereocenters. The van der Waals surface area contributed by atoms with Gasteiger partial charge in [0.25, 0.3) is 0 Å². The molecule has 124 valence electrons. The molecule has 0 bridgehead atoms. The molecule has 0 saturated carbocycles. The van der Waals surface area contributed by atoms with Crippen LogP contribution in [0, 0.1) is 6.92 Å². The number of likely N-dealkylation sites (N-methyl/N-ethyl adjacent to an activating group) is 1. The van der Waals surface area contributed by atoms with Crippen LogP contribution in [0.3, 0.4) is 0 Å². The number of rotatable bonds is 6. The number of pyridine rings is 1. The van der Waals surface area contributed by atoms with Crippen molar-refractivity contribution in [3.05, 3.63) is 65.9 Å². The van der Waals surface area contributed by atoms with Gasteiger partial charge in [-0.05, 0) is 50.7 Å². The lowest BCUT2D eigenvalue weighted by atomic mass is 10.1. The Kier molecular flexibility index (Phi) is 5.01. The number of aryl methyl sites for hydroxylation is 1. The molecule has 5 heteroatoms. The zero-order valence-electron chi connectivity index (χ0n) is 14.3. The number of aromatic nitrogens is 3. The topological polar surface area (TPSA) is 55.1 Å². The monoisotopic (exact) mass is 322 g/mol. The third-order valence-electron chi connectivity index (χ3n) is 4.11. The van der Waals surface area contributed by atoms with Gasteiger partial charge in [-0.1, -0.05) is 0 Å². The van der Waals surface area contributed by atoms with E-state index in [1.165, 1.54) is 5.56 Å². The molecule has 3 aromatic heterocycles. The summed E-state index contributed by atoms with van der Waals surface area (Å²) in [7, 11) is 2.11. The molecule has 1 atom stereocenters. The Hall–Kier alpha value is -2.53. The largest absolute Gasteiger partial charge is 0.461 e. The first-order valence-corrected chi connectivity index (χ1v) is 8.08. The van der Waals surface area contributed by atoms with Crippen molar-refractivity contribution in [2.45, 2.75) is 32.9 Å². The van der Waals surface area contributed by atoms with E-state index in [1.54, 1.807) is 6.26 Å². The first kappa shape index (κ1) is 16.3. The summed E-state index contributed by atoms with van der Waals surface area (Å²) in [4.78, 5) is 15.5. The maximum Gasteiger partial charge on any atom is 0.195 e. The highest BCUT2D eigenvalue weighted by atomic mass is 16.3. The van der Waals surface area contributed by atoms with E-state index < -0.39 is 0 Å². The van der Waals surface area contributed by atoms with Crippen LogP contribution in [-0.4, -0.2) is 32.9 Å². The maximum atomic E-state index is 5.31. The van der Waals surface area contributed by atoms with Crippen molar-refractivity contribution >= 4 is 0 Å². The molecule has 3 heterocycles. The van der Waals surface area contributed by atoms with Crippen LogP contribution in [0.5, 0.6) is 0 Å². The molecule has 0 spiro atoms. The summed E-state index contributed by atoms with van der Waals surface area (Å²) < 4.78 is 5.31. The zero-order valence-corrected chi connectivity index (χ0v) is 14.3. The molecule has 24 heavy (non-hydrogen) atoms. The number of furan rings is 1. The van der Waals surface area contributed by atoms with Crippen LogP contribution in [0.2, 0.25) is 0 Å². The highest BCUT2D eigenvalue weighted by Gasteiger charge is 2.12. The fraction of sp³-hybridized carbons (Fsp3) is 0.316. The maximum absolute atomic E-state index is 5.31. The van der Waals surface area contributed by atoms with Crippen LogP contribution in [-0.2, 0) is 13.0 Å². The summed E-state index contributed by atoms with van der Waals surface area (Å²) in [5.41, 5.74) is 3.45. The number of hydrogen-bond donors (Lipinski definition) is 0. The van der Waals surface area contributed by atoms with E-state index in [4.69, 9.17) is 4.42 Å². The van der Waals surface area contributed by atoms with Crippen molar-refractivity contribution in [1.82, 2.24) is 19.9 Å². The minimum absolute atomic E-state index is 0.379. The van der Waals surface area contributed by atoms with Gasteiger partial charge in [0.15, 0.2) is 11.6 Å². The first-order valence-electron chi connectivity index (χ1n) is 8.08. The molecule has 0 aliphatic rings. The van der Waals surface area contributed by atoms with E-state index in [9.17, 15) is 0 Å². The Bertz CT molecular complexity index is 768. The third-order valence-corrected chi connectivity index (χ3v) is 4.11. The van der Waals surface area contributed by atoms with Crippen molar-refractivity contribution in [3.8, 4) is 11.6 Å². The first-order chi connectivity index (χ1) is 11.6. The van der Waals surface area contributed by atoms with Crippen LogP contribution in [0.4, 0.5) is 0 Å². The molecule has 0 amide bonds. The van der Waals surface area contributed by atoms with Crippen LogP contribution in [0.25, 0.3) is 11.6 Å². The van der Waals surface area contributed by atoms with Crippen molar-refractivity contribution in [2.75, 3.05) is 7.05 Å². The predicted octanol–water partition coefficient (Wildman–Crippen LogP) is 3.50. The van der Waals surface area contributed by atoms with Gasteiger partial charge in [-0.25, -0.2) is 9.97 Å². The smallest absolute Gasteiger partial charge is 0.195 e. The molecule has 0 saturated heterocycles. The molecular formula is C19H22N4O. The van der Waals surface area contributed by atoms with Crippen molar-refractivity contribution in [1.29, 1.82) is 0 Å².